The Balaban J connectivity index is 1.44. The number of hydrogen-bond acceptors (Lipinski definition) is 4. The van der Waals surface area contributed by atoms with Crippen molar-refractivity contribution in [1.82, 2.24) is 15.5 Å². The van der Waals surface area contributed by atoms with Gasteiger partial charge in [-0.05, 0) is 32.1 Å². The number of aliphatic imine (C=N–C) groups is 1. The molecule has 2 aliphatic heterocycles. The number of guanidine groups is 1. The minimum atomic E-state index is 0.360. The van der Waals surface area contributed by atoms with Gasteiger partial charge in [-0.25, -0.2) is 0 Å². The molecule has 0 amide bonds. The van der Waals surface area contributed by atoms with E-state index < -0.39 is 0 Å². The predicted octanol–water partition coefficient (Wildman–Crippen LogP) is 2.25. The van der Waals surface area contributed by atoms with Crippen LogP contribution < -0.4 is 10.6 Å². The second-order valence-electron chi connectivity index (χ2n) is 9.49. The molecule has 160 valence electrons. The summed E-state index contributed by atoms with van der Waals surface area (Å²) in [4.78, 5) is 7.63. The van der Waals surface area contributed by atoms with Crippen molar-refractivity contribution in [3.05, 3.63) is 0 Å². The van der Waals surface area contributed by atoms with Gasteiger partial charge in [0.1, 0.15) is 0 Å². The normalized spacial score (nSPS) is 33.7. The maximum Gasteiger partial charge on any atom is 0.191 e. The lowest BCUT2D eigenvalue weighted by atomic mass is 9.54. The molecular formula is C22H40N4O2. The largest absolute Gasteiger partial charge is 0.379 e. The molecule has 0 aromatic rings. The van der Waals surface area contributed by atoms with E-state index in [-0.39, 0.29) is 0 Å². The molecule has 4 unspecified atom stereocenters. The maximum atomic E-state index is 6.15. The van der Waals surface area contributed by atoms with E-state index in [0.29, 0.717) is 35.4 Å². The van der Waals surface area contributed by atoms with Gasteiger partial charge in [0, 0.05) is 49.7 Å². The van der Waals surface area contributed by atoms with Gasteiger partial charge in [0.05, 0.1) is 25.9 Å². The first-order valence-electron chi connectivity index (χ1n) is 11.6. The highest BCUT2D eigenvalue weighted by atomic mass is 16.5. The Morgan fingerprint density at radius 2 is 1.93 bits per heavy atom. The average Bonchev–Trinajstić information content (AvgIpc) is 3.35. The topological polar surface area (TPSA) is 58.1 Å². The molecule has 6 heteroatoms. The zero-order chi connectivity index (χ0) is 19.6. The van der Waals surface area contributed by atoms with Crippen molar-refractivity contribution in [3.8, 4) is 0 Å². The van der Waals surface area contributed by atoms with Crippen molar-refractivity contribution in [1.29, 1.82) is 0 Å². The minimum absolute atomic E-state index is 0.360. The lowest BCUT2D eigenvalue weighted by molar-refractivity contribution is -0.125. The zero-order valence-electron chi connectivity index (χ0n) is 18.1. The van der Waals surface area contributed by atoms with Gasteiger partial charge in [0.15, 0.2) is 5.96 Å². The van der Waals surface area contributed by atoms with E-state index in [1.807, 2.05) is 0 Å². The van der Waals surface area contributed by atoms with Crippen LogP contribution in [0.5, 0.6) is 0 Å². The van der Waals surface area contributed by atoms with Crippen LogP contribution in [0.4, 0.5) is 0 Å². The number of nitrogens with zero attached hydrogens (tertiary/aromatic N) is 2. The van der Waals surface area contributed by atoms with Crippen LogP contribution >= 0.6 is 0 Å². The van der Waals surface area contributed by atoms with Crippen molar-refractivity contribution in [2.24, 2.45) is 22.2 Å². The Morgan fingerprint density at radius 1 is 1.18 bits per heavy atom. The van der Waals surface area contributed by atoms with E-state index in [1.54, 1.807) is 0 Å². The number of fused-ring (bicyclic) bond motifs is 2. The smallest absolute Gasteiger partial charge is 0.191 e. The van der Waals surface area contributed by atoms with Gasteiger partial charge < -0.3 is 20.1 Å². The summed E-state index contributed by atoms with van der Waals surface area (Å²) in [5.41, 5.74) is 0.360. The van der Waals surface area contributed by atoms with Crippen molar-refractivity contribution in [2.45, 2.75) is 71.1 Å². The Bertz CT molecular complexity index is 541. The summed E-state index contributed by atoms with van der Waals surface area (Å²) in [6.45, 7) is 13.2. The second-order valence-corrected chi connectivity index (χ2v) is 9.49. The molecule has 2 saturated carbocycles. The lowest BCUT2D eigenvalue weighted by Crippen LogP contribution is -2.69. The third-order valence-corrected chi connectivity index (χ3v) is 7.64. The summed E-state index contributed by atoms with van der Waals surface area (Å²) < 4.78 is 11.7. The SMILES string of the molecule is CCNC(=NCC(C(C)C)N1CCOCC1)NC1C2CCOC2C12CCCC2. The van der Waals surface area contributed by atoms with Gasteiger partial charge in [-0.1, -0.05) is 26.7 Å². The molecule has 0 radical (unpaired) electrons. The van der Waals surface area contributed by atoms with Gasteiger partial charge in [-0.2, -0.15) is 0 Å². The highest BCUT2D eigenvalue weighted by Crippen LogP contribution is 2.60. The molecule has 4 rings (SSSR count). The fourth-order valence-corrected chi connectivity index (χ4v) is 6.21. The quantitative estimate of drug-likeness (QED) is 0.536. The molecule has 2 aliphatic carbocycles. The molecule has 0 aromatic carbocycles. The fourth-order valence-electron chi connectivity index (χ4n) is 6.21. The van der Waals surface area contributed by atoms with Gasteiger partial charge in [0.25, 0.3) is 0 Å². The Morgan fingerprint density at radius 3 is 2.61 bits per heavy atom. The Labute approximate surface area is 170 Å². The highest BCUT2D eigenvalue weighted by Gasteiger charge is 2.65. The van der Waals surface area contributed by atoms with E-state index in [0.717, 1.165) is 52.0 Å². The maximum absolute atomic E-state index is 6.15. The monoisotopic (exact) mass is 392 g/mol. The van der Waals surface area contributed by atoms with Crippen LogP contribution in [0.1, 0.15) is 52.9 Å². The molecule has 4 fully saturated rings. The van der Waals surface area contributed by atoms with Crippen molar-refractivity contribution in [3.63, 3.8) is 0 Å². The molecular weight excluding hydrogens is 352 g/mol. The fraction of sp³-hybridized carbons (Fsp3) is 0.955. The zero-order valence-corrected chi connectivity index (χ0v) is 18.1. The average molecular weight is 393 g/mol. The predicted molar refractivity (Wildman–Crippen MR) is 113 cm³/mol. The summed E-state index contributed by atoms with van der Waals surface area (Å²) >= 11 is 0. The number of ether oxygens (including phenoxy) is 2. The van der Waals surface area contributed by atoms with Crippen LogP contribution in [0, 0.1) is 17.3 Å². The summed E-state index contributed by atoms with van der Waals surface area (Å²) in [7, 11) is 0. The molecule has 4 atom stereocenters. The molecule has 28 heavy (non-hydrogen) atoms. The van der Waals surface area contributed by atoms with Gasteiger partial charge in [-0.15, -0.1) is 0 Å². The van der Waals surface area contributed by atoms with Crippen LogP contribution in [0.3, 0.4) is 0 Å². The van der Waals surface area contributed by atoms with Crippen LogP contribution in [0.25, 0.3) is 0 Å². The van der Waals surface area contributed by atoms with Gasteiger partial charge in [0.2, 0.25) is 0 Å². The molecule has 2 saturated heterocycles. The first-order chi connectivity index (χ1) is 13.7. The summed E-state index contributed by atoms with van der Waals surface area (Å²) in [6, 6.07) is 1.00. The molecule has 0 bridgehead atoms. The third kappa shape index (κ3) is 3.80. The molecule has 1 spiro atoms. The molecule has 6 nitrogen and oxygen atoms in total. The highest BCUT2D eigenvalue weighted by molar-refractivity contribution is 5.80. The minimum Gasteiger partial charge on any atom is -0.379 e. The summed E-state index contributed by atoms with van der Waals surface area (Å²) in [5, 5.41) is 7.39. The summed E-state index contributed by atoms with van der Waals surface area (Å²) in [6.07, 6.45) is 7.02. The first kappa shape index (κ1) is 20.4. The van der Waals surface area contributed by atoms with E-state index >= 15 is 0 Å². The second kappa shape index (κ2) is 8.88. The Kier molecular flexibility index (Phi) is 6.48. The number of morpholine rings is 1. The first-order valence-corrected chi connectivity index (χ1v) is 11.6. The van der Waals surface area contributed by atoms with Gasteiger partial charge in [-0.3, -0.25) is 9.89 Å². The van der Waals surface area contributed by atoms with E-state index in [2.05, 4.69) is 36.3 Å². The number of nitrogens with one attached hydrogen (secondary N) is 2. The van der Waals surface area contributed by atoms with Crippen LogP contribution in [0.15, 0.2) is 4.99 Å². The van der Waals surface area contributed by atoms with Crippen molar-refractivity contribution >= 4 is 5.96 Å². The van der Waals surface area contributed by atoms with E-state index in [9.17, 15) is 0 Å². The van der Waals surface area contributed by atoms with E-state index in [1.165, 1.54) is 32.1 Å². The van der Waals surface area contributed by atoms with E-state index in [4.69, 9.17) is 14.5 Å². The van der Waals surface area contributed by atoms with Crippen LogP contribution in [-0.2, 0) is 9.47 Å². The lowest BCUT2D eigenvalue weighted by Gasteiger charge is -2.57. The number of rotatable bonds is 6. The molecule has 2 N–H and O–H groups in total. The third-order valence-electron chi connectivity index (χ3n) is 7.64. The number of hydrogen-bond donors (Lipinski definition) is 2. The molecule has 4 aliphatic rings. The van der Waals surface area contributed by atoms with Gasteiger partial charge >= 0.3 is 0 Å². The van der Waals surface area contributed by atoms with Crippen molar-refractivity contribution in [2.75, 3.05) is 46.0 Å². The standard InChI is InChI=1S/C22H40N4O2/c1-4-23-21(24-15-18(16(2)3)26-10-13-27-14-11-26)25-19-17-7-12-28-20(17)22(19)8-5-6-9-22/h16-20H,4-15H2,1-3H3,(H2,23,24,25). The Hall–Kier alpha value is -0.850. The molecule has 0 aromatic heterocycles. The summed E-state index contributed by atoms with van der Waals surface area (Å²) in [5.74, 6) is 2.26. The van der Waals surface area contributed by atoms with Crippen LogP contribution in [-0.4, -0.2) is 75.0 Å². The van der Waals surface area contributed by atoms with Crippen molar-refractivity contribution < 1.29 is 9.47 Å². The molecule has 2 heterocycles. The van der Waals surface area contributed by atoms with Crippen LogP contribution in [0.2, 0.25) is 0 Å².